The molecule has 0 amide bonds. The van der Waals surface area contributed by atoms with Crippen molar-refractivity contribution in [2.24, 2.45) is 0 Å². The average molecular weight is 883 g/mol. The van der Waals surface area contributed by atoms with Gasteiger partial charge >= 0.3 is 0 Å². The number of benzene rings is 6. The number of aromatic nitrogens is 3. The molecule has 0 unspecified atom stereocenters. The summed E-state index contributed by atoms with van der Waals surface area (Å²) in [7, 11) is 0. The van der Waals surface area contributed by atoms with Crippen LogP contribution in [0.5, 0.6) is 5.75 Å². The van der Waals surface area contributed by atoms with Gasteiger partial charge in [0.2, 0.25) is 0 Å². The van der Waals surface area contributed by atoms with Gasteiger partial charge in [-0.2, -0.15) is 0 Å². The molecule has 0 aliphatic carbocycles. The van der Waals surface area contributed by atoms with E-state index in [0.717, 1.165) is 11.1 Å². The number of hydrogen-bond acceptors (Lipinski definition) is 3. The molecule has 53 heavy (non-hydrogen) atoms. The Kier molecular flexibility index (Phi) is 6.32. The van der Waals surface area contributed by atoms with Crippen LogP contribution < -0.4 is 0 Å². The summed E-state index contributed by atoms with van der Waals surface area (Å²) >= 11 is 0. The third-order valence-electron chi connectivity index (χ3n) is 8.86. The molecule has 0 aliphatic rings. The largest absolute Gasteiger partial charge is 0.507 e. The van der Waals surface area contributed by atoms with E-state index in [1.165, 1.54) is 6.07 Å². The summed E-state index contributed by atoms with van der Waals surface area (Å²) in [4.78, 5) is 9.50. The molecule has 0 spiro atoms. The number of hydrogen-bond donors (Lipinski definition) is 1. The molecule has 2 aromatic heterocycles. The molecule has 0 saturated carbocycles. The summed E-state index contributed by atoms with van der Waals surface area (Å²) in [5.74, 6) is 0.252. The zero-order valence-corrected chi connectivity index (χ0v) is 31.2. The predicted molar refractivity (Wildman–Crippen MR) is 215 cm³/mol. The van der Waals surface area contributed by atoms with Crippen molar-refractivity contribution < 1.29 is 44.0 Å². The van der Waals surface area contributed by atoms with Crippen LogP contribution in [0.1, 0.15) is 55.3 Å². The molecule has 0 atom stereocenters. The number of rotatable bonds is 6. The van der Waals surface area contributed by atoms with Gasteiger partial charge in [0.05, 0.1) is 26.2 Å². The van der Waals surface area contributed by atoms with Crippen molar-refractivity contribution in [1.29, 1.82) is 0 Å². The average Bonchev–Trinajstić information content (AvgIpc) is 3.64. The second-order valence-corrected chi connectivity index (χ2v) is 13.5. The minimum Gasteiger partial charge on any atom is -0.507 e. The third kappa shape index (κ3) is 7.12. The van der Waals surface area contributed by atoms with Crippen molar-refractivity contribution in [2.75, 3.05) is 0 Å². The number of para-hydroxylation sites is 2. The number of nitrogens with zero attached hydrogens (tertiary/aromatic N) is 3. The number of aryl methyl sites for hydroxylation is 1. The minimum atomic E-state index is -2.98. The summed E-state index contributed by atoms with van der Waals surface area (Å²) in [5, 5.41) is 11.3. The van der Waals surface area contributed by atoms with Crippen LogP contribution in [-0.2, 0) is 26.5 Å². The Morgan fingerprint density at radius 2 is 1.43 bits per heavy atom. The van der Waals surface area contributed by atoms with Crippen LogP contribution in [0, 0.1) is 19.8 Å². The van der Waals surface area contributed by atoms with Crippen LogP contribution in [0.2, 0.25) is 0 Å². The topological polar surface area (TPSA) is 50.9 Å². The monoisotopic (exact) mass is 882 g/mol. The standard InChI is InChI=1S/C48H40N3O.Pt/c1-31-18-20-34(21-19-31)35-22-23-49-43(30-35)38-26-37(27-39(28-38)48(3,4)5)41-15-11-16-44-46(41)50-47(42-14-9-10-17-45(42)52)51(44)40-25-32(2)24-36(29-40)33-12-7-6-8-13-33;/h6-25,27-30,52H,1-5H3;/q-1;/i1D3,2D3,18D,19D,20D,21D,22D,23D,30D;. The molecule has 6 aromatic carbocycles. The summed E-state index contributed by atoms with van der Waals surface area (Å²) in [6.45, 7) is 0.467. The van der Waals surface area contributed by atoms with Crippen molar-refractivity contribution >= 4 is 11.0 Å². The van der Waals surface area contributed by atoms with Crippen molar-refractivity contribution in [2.45, 2.75) is 39.9 Å². The van der Waals surface area contributed by atoms with Crippen LogP contribution in [0.3, 0.4) is 0 Å². The molecular formula is C48H40N3OPt-. The number of phenolic OH excluding ortho intramolecular Hbond substituents is 1. The number of phenols is 1. The van der Waals surface area contributed by atoms with Crippen LogP contribution >= 0.6 is 0 Å². The van der Waals surface area contributed by atoms with Gasteiger partial charge < -0.3 is 5.11 Å². The zero-order chi connectivity index (χ0) is 47.1. The molecule has 0 radical (unpaired) electrons. The van der Waals surface area contributed by atoms with Crippen molar-refractivity contribution in [3.63, 3.8) is 0 Å². The Morgan fingerprint density at radius 1 is 0.698 bits per heavy atom. The molecule has 8 aromatic rings. The smallest absolute Gasteiger partial charge is 0.148 e. The van der Waals surface area contributed by atoms with Gasteiger partial charge in [0.25, 0.3) is 0 Å². The maximum Gasteiger partial charge on any atom is 0.148 e. The molecular weight excluding hydrogens is 830 g/mol. The van der Waals surface area contributed by atoms with Crippen LogP contribution in [0.15, 0.2) is 146 Å². The van der Waals surface area contributed by atoms with E-state index in [2.05, 4.69) is 11.1 Å². The first-order valence-corrected chi connectivity index (χ1v) is 16.7. The molecule has 264 valence electrons. The maximum absolute atomic E-state index is 11.3. The van der Waals surface area contributed by atoms with E-state index in [4.69, 9.17) is 21.4 Å². The molecule has 8 rings (SSSR count). The first kappa shape index (κ1) is 23.2. The zero-order valence-electron chi connectivity index (χ0n) is 41.9. The molecule has 0 saturated heterocycles. The maximum atomic E-state index is 11.3. The summed E-state index contributed by atoms with van der Waals surface area (Å²) < 4.78 is 112. The Labute approximate surface area is 344 Å². The van der Waals surface area contributed by atoms with Gasteiger partial charge in [0, 0.05) is 46.8 Å². The van der Waals surface area contributed by atoms with Crippen LogP contribution in [-0.4, -0.2) is 19.6 Å². The summed E-state index contributed by atoms with van der Waals surface area (Å²) in [6.07, 6.45) is -0.624. The predicted octanol–water partition coefficient (Wildman–Crippen LogP) is 12.2. The Hall–Kier alpha value is -5.57. The van der Waals surface area contributed by atoms with Gasteiger partial charge in [-0.3, -0.25) is 9.55 Å². The van der Waals surface area contributed by atoms with Gasteiger partial charge in [0.1, 0.15) is 11.6 Å². The van der Waals surface area contributed by atoms with Gasteiger partial charge in [-0.1, -0.05) is 128 Å². The van der Waals surface area contributed by atoms with Gasteiger partial charge in [-0.15, -0.1) is 29.3 Å². The van der Waals surface area contributed by atoms with Crippen molar-refractivity contribution in [3.05, 3.63) is 168 Å². The van der Waals surface area contributed by atoms with E-state index in [1.807, 2.05) is 81.4 Å². The number of fused-ring (bicyclic) bond motifs is 1. The minimum absolute atomic E-state index is 0. The summed E-state index contributed by atoms with van der Waals surface area (Å²) in [6, 6.07) is 29.3. The number of imidazole rings is 1. The van der Waals surface area contributed by atoms with Crippen molar-refractivity contribution in [1.82, 2.24) is 14.5 Å². The normalized spacial score (nSPS) is 15.4. The first-order valence-electron chi connectivity index (χ1n) is 23.2. The van der Waals surface area contributed by atoms with Crippen LogP contribution in [0.25, 0.3) is 72.7 Å². The molecule has 2 heterocycles. The molecule has 0 bridgehead atoms. The van der Waals surface area contributed by atoms with Gasteiger partial charge in [-0.05, 0) is 83.3 Å². The Morgan fingerprint density at radius 3 is 2.19 bits per heavy atom. The van der Waals surface area contributed by atoms with Crippen LogP contribution in [0.4, 0.5) is 0 Å². The number of pyridine rings is 1. The second-order valence-electron chi connectivity index (χ2n) is 13.5. The fraction of sp³-hybridized carbons (Fsp3) is 0.125. The van der Waals surface area contributed by atoms with Gasteiger partial charge in [0.15, 0.2) is 0 Å². The first-order chi connectivity index (χ1) is 30.5. The summed E-state index contributed by atoms with van der Waals surface area (Å²) in [5.41, 5.74) is 2.95. The van der Waals surface area contributed by atoms with Crippen molar-refractivity contribution in [3.8, 4) is 67.5 Å². The molecule has 0 fully saturated rings. The number of aromatic hydroxyl groups is 1. The quantitative estimate of drug-likeness (QED) is 0.169. The molecule has 1 N–H and O–H groups in total. The fourth-order valence-corrected chi connectivity index (χ4v) is 6.24. The third-order valence-corrected chi connectivity index (χ3v) is 8.86. The van der Waals surface area contributed by atoms with E-state index in [9.17, 15) is 6.48 Å². The van der Waals surface area contributed by atoms with E-state index < -0.39 is 78.2 Å². The molecule has 0 aliphatic heterocycles. The molecule has 4 nitrogen and oxygen atoms in total. The van der Waals surface area contributed by atoms with E-state index in [0.29, 0.717) is 44.8 Å². The van der Waals surface area contributed by atoms with Gasteiger partial charge in [-0.25, -0.2) is 4.98 Å². The molecule has 5 heteroatoms. The fourth-order valence-electron chi connectivity index (χ4n) is 6.24. The Balaban J connectivity index is 0.00000648. The Bertz CT molecular complexity index is 3180. The van der Waals surface area contributed by atoms with E-state index in [1.54, 1.807) is 41.0 Å². The van der Waals surface area contributed by atoms with E-state index >= 15 is 0 Å². The SMILES string of the molecule is [2H]c1nc(-c2[c-]c(-c3cccc4c3nc(-c3ccccc3O)n4-c3cc(-c4ccccc4)cc(C([2H])([2H])[2H])c3)cc(C(C)(C)C)c2)c([2H])c(-c2c([2H])c([2H])c(C([2H])([2H])[2H])c([2H])c2[2H])c1[2H].[Pt]. The second kappa shape index (κ2) is 14.5. The van der Waals surface area contributed by atoms with E-state index in [-0.39, 0.29) is 43.6 Å².